The van der Waals surface area contributed by atoms with E-state index >= 15 is 0 Å². The first kappa shape index (κ1) is 14.3. The number of fused-ring (bicyclic) bond motifs is 1. The van der Waals surface area contributed by atoms with E-state index in [0.29, 0.717) is 5.92 Å². The van der Waals surface area contributed by atoms with Crippen molar-refractivity contribution in [3.05, 3.63) is 12.5 Å². The smallest absolute Gasteiger partial charge is 0.163 e. The van der Waals surface area contributed by atoms with Crippen LogP contribution < -0.4 is 10.6 Å². The van der Waals surface area contributed by atoms with Gasteiger partial charge in [0.2, 0.25) is 0 Å². The first-order valence-corrected chi connectivity index (χ1v) is 7.69. The topological polar surface area (TPSA) is 67.7 Å². The van der Waals surface area contributed by atoms with Crippen molar-refractivity contribution in [3.63, 3.8) is 0 Å². The molecule has 3 rings (SSSR count). The lowest BCUT2D eigenvalue weighted by Crippen LogP contribution is -2.31. The third-order valence-electron chi connectivity index (χ3n) is 4.02. The second-order valence-electron chi connectivity index (χ2n) is 6.76. The third-order valence-corrected chi connectivity index (χ3v) is 4.02. The van der Waals surface area contributed by atoms with Crippen LogP contribution in [0.1, 0.15) is 33.6 Å². The summed E-state index contributed by atoms with van der Waals surface area (Å²) in [7, 11) is 0. The molecule has 0 atom stereocenters. The molecule has 114 valence electrons. The van der Waals surface area contributed by atoms with Crippen molar-refractivity contribution in [3.8, 4) is 0 Å². The number of rotatable bonds is 3. The molecule has 0 saturated carbocycles. The standard InChI is InChI=1S/C15H24N6/c1-15(2,3)21-14-12(9-20-21)13(18-10-19-14)17-8-11-4-6-16-7-5-11/h9-11,16H,4-8H2,1-3H3,(H,17,18,19). The predicted molar refractivity (Wildman–Crippen MR) is 84.4 cm³/mol. The second-order valence-corrected chi connectivity index (χ2v) is 6.76. The van der Waals surface area contributed by atoms with Gasteiger partial charge in [-0.2, -0.15) is 5.10 Å². The zero-order chi connectivity index (χ0) is 14.9. The molecule has 1 aliphatic heterocycles. The van der Waals surface area contributed by atoms with Crippen LogP contribution in [0.25, 0.3) is 11.0 Å². The van der Waals surface area contributed by atoms with Crippen LogP contribution in [-0.4, -0.2) is 39.4 Å². The van der Waals surface area contributed by atoms with Gasteiger partial charge in [-0.05, 0) is 52.6 Å². The van der Waals surface area contributed by atoms with Crippen molar-refractivity contribution < 1.29 is 0 Å². The zero-order valence-electron chi connectivity index (χ0n) is 13.1. The minimum Gasteiger partial charge on any atom is -0.369 e. The maximum absolute atomic E-state index is 4.49. The molecule has 0 radical (unpaired) electrons. The molecule has 0 aliphatic carbocycles. The van der Waals surface area contributed by atoms with Gasteiger partial charge < -0.3 is 10.6 Å². The van der Waals surface area contributed by atoms with Gasteiger partial charge in [-0.15, -0.1) is 0 Å². The summed E-state index contributed by atoms with van der Waals surface area (Å²) in [6, 6.07) is 0. The van der Waals surface area contributed by atoms with E-state index < -0.39 is 0 Å². The third kappa shape index (κ3) is 3.00. The first-order chi connectivity index (χ1) is 10.1. The molecule has 0 amide bonds. The summed E-state index contributed by atoms with van der Waals surface area (Å²) in [5, 5.41) is 12.4. The Morgan fingerprint density at radius 3 is 2.76 bits per heavy atom. The summed E-state index contributed by atoms with van der Waals surface area (Å²) in [6.07, 6.45) is 5.94. The summed E-state index contributed by atoms with van der Waals surface area (Å²) in [5.74, 6) is 1.61. The summed E-state index contributed by atoms with van der Waals surface area (Å²) in [6.45, 7) is 9.59. The van der Waals surface area contributed by atoms with Crippen molar-refractivity contribution in [2.24, 2.45) is 5.92 Å². The maximum atomic E-state index is 4.49. The maximum Gasteiger partial charge on any atom is 0.163 e. The fourth-order valence-corrected chi connectivity index (χ4v) is 2.80. The molecule has 0 unspecified atom stereocenters. The largest absolute Gasteiger partial charge is 0.369 e. The van der Waals surface area contributed by atoms with E-state index in [2.05, 4.69) is 46.5 Å². The van der Waals surface area contributed by atoms with Crippen LogP contribution in [-0.2, 0) is 5.54 Å². The van der Waals surface area contributed by atoms with Gasteiger partial charge in [0.15, 0.2) is 5.65 Å². The minimum absolute atomic E-state index is 0.0809. The molecule has 0 bridgehead atoms. The van der Waals surface area contributed by atoms with Crippen molar-refractivity contribution in [1.82, 2.24) is 25.1 Å². The molecule has 3 heterocycles. The number of anilines is 1. The number of hydrogen-bond donors (Lipinski definition) is 2. The molecule has 2 N–H and O–H groups in total. The number of aromatic nitrogens is 4. The lowest BCUT2D eigenvalue weighted by atomic mass is 9.98. The molecule has 1 saturated heterocycles. The molecule has 0 aromatic carbocycles. The van der Waals surface area contributed by atoms with E-state index in [-0.39, 0.29) is 5.54 Å². The Labute approximate surface area is 125 Å². The predicted octanol–water partition coefficient (Wildman–Crippen LogP) is 1.99. The van der Waals surface area contributed by atoms with Gasteiger partial charge in [0.05, 0.1) is 17.1 Å². The van der Waals surface area contributed by atoms with E-state index in [9.17, 15) is 0 Å². The Balaban J connectivity index is 1.81. The number of piperidine rings is 1. The minimum atomic E-state index is -0.0809. The van der Waals surface area contributed by atoms with E-state index in [1.807, 2.05) is 10.9 Å². The summed E-state index contributed by atoms with van der Waals surface area (Å²) in [5.41, 5.74) is 0.813. The molecule has 6 nitrogen and oxygen atoms in total. The lowest BCUT2D eigenvalue weighted by molar-refractivity contribution is 0.366. The van der Waals surface area contributed by atoms with Crippen molar-refractivity contribution in [2.75, 3.05) is 25.0 Å². The Kier molecular flexibility index (Phi) is 3.80. The molecule has 6 heteroatoms. The molecule has 0 spiro atoms. The highest BCUT2D eigenvalue weighted by molar-refractivity contribution is 5.86. The second kappa shape index (κ2) is 5.60. The summed E-state index contributed by atoms with van der Waals surface area (Å²) in [4.78, 5) is 8.80. The molecule has 2 aromatic heterocycles. The zero-order valence-corrected chi connectivity index (χ0v) is 13.1. The average molecular weight is 288 g/mol. The van der Waals surface area contributed by atoms with Gasteiger partial charge in [0, 0.05) is 6.54 Å². The average Bonchev–Trinajstić information content (AvgIpc) is 2.90. The Morgan fingerprint density at radius 1 is 1.29 bits per heavy atom. The lowest BCUT2D eigenvalue weighted by Gasteiger charge is -2.23. The van der Waals surface area contributed by atoms with Crippen LogP contribution in [0.4, 0.5) is 5.82 Å². The normalized spacial score (nSPS) is 17.3. The number of nitrogens with one attached hydrogen (secondary N) is 2. The fourth-order valence-electron chi connectivity index (χ4n) is 2.80. The van der Waals surface area contributed by atoms with Crippen LogP contribution in [0.15, 0.2) is 12.5 Å². The van der Waals surface area contributed by atoms with Crippen molar-refractivity contribution in [1.29, 1.82) is 0 Å². The highest BCUT2D eigenvalue weighted by Gasteiger charge is 2.20. The quantitative estimate of drug-likeness (QED) is 0.904. The Bertz CT molecular complexity index is 606. The van der Waals surface area contributed by atoms with Crippen LogP contribution >= 0.6 is 0 Å². The van der Waals surface area contributed by atoms with Gasteiger partial charge >= 0.3 is 0 Å². The molecule has 1 fully saturated rings. The van der Waals surface area contributed by atoms with E-state index in [1.165, 1.54) is 12.8 Å². The Hall–Kier alpha value is -1.69. The Morgan fingerprint density at radius 2 is 2.05 bits per heavy atom. The highest BCUT2D eigenvalue weighted by atomic mass is 15.3. The molecular weight excluding hydrogens is 264 g/mol. The van der Waals surface area contributed by atoms with E-state index in [0.717, 1.165) is 36.5 Å². The van der Waals surface area contributed by atoms with Gasteiger partial charge in [-0.3, -0.25) is 0 Å². The van der Waals surface area contributed by atoms with Crippen molar-refractivity contribution >= 4 is 16.9 Å². The number of hydrogen-bond acceptors (Lipinski definition) is 5. The van der Waals surface area contributed by atoms with Gasteiger partial charge in [-0.1, -0.05) is 0 Å². The summed E-state index contributed by atoms with van der Waals surface area (Å²) >= 11 is 0. The van der Waals surface area contributed by atoms with E-state index in [4.69, 9.17) is 0 Å². The van der Waals surface area contributed by atoms with Crippen LogP contribution in [0.2, 0.25) is 0 Å². The highest BCUT2D eigenvalue weighted by Crippen LogP contribution is 2.24. The van der Waals surface area contributed by atoms with Gasteiger partial charge in [-0.25, -0.2) is 14.6 Å². The molecule has 1 aliphatic rings. The fraction of sp³-hybridized carbons (Fsp3) is 0.667. The van der Waals surface area contributed by atoms with Crippen LogP contribution in [0, 0.1) is 5.92 Å². The SMILES string of the molecule is CC(C)(C)n1ncc2c(NCC3CCNCC3)ncnc21. The molecule has 2 aromatic rings. The molecule has 21 heavy (non-hydrogen) atoms. The van der Waals surface area contributed by atoms with Crippen LogP contribution in [0.5, 0.6) is 0 Å². The number of nitrogens with zero attached hydrogens (tertiary/aromatic N) is 4. The van der Waals surface area contributed by atoms with E-state index in [1.54, 1.807) is 6.33 Å². The monoisotopic (exact) mass is 288 g/mol. The van der Waals surface area contributed by atoms with Gasteiger partial charge in [0.1, 0.15) is 12.1 Å². The van der Waals surface area contributed by atoms with Crippen molar-refractivity contribution in [2.45, 2.75) is 39.2 Å². The van der Waals surface area contributed by atoms with Crippen LogP contribution in [0.3, 0.4) is 0 Å². The first-order valence-electron chi connectivity index (χ1n) is 7.69. The molecular formula is C15H24N6. The summed E-state index contributed by atoms with van der Waals surface area (Å²) < 4.78 is 1.96. The van der Waals surface area contributed by atoms with Gasteiger partial charge in [0.25, 0.3) is 0 Å².